The van der Waals surface area contributed by atoms with E-state index in [9.17, 15) is 4.79 Å². The van der Waals surface area contributed by atoms with E-state index in [0.717, 1.165) is 12.0 Å². The van der Waals surface area contributed by atoms with Crippen LogP contribution in [0.3, 0.4) is 0 Å². The molecule has 3 aromatic heterocycles. The lowest BCUT2D eigenvalue weighted by Crippen LogP contribution is -2.35. The van der Waals surface area contributed by atoms with E-state index in [2.05, 4.69) is 26.5 Å². The lowest BCUT2D eigenvalue weighted by molar-refractivity contribution is -0.126. The highest BCUT2D eigenvalue weighted by molar-refractivity contribution is 6.32. The molecular formula is C24H27ClN8O2. The minimum atomic E-state index is -0.178. The van der Waals surface area contributed by atoms with Crippen molar-refractivity contribution in [2.75, 3.05) is 18.8 Å². The Bertz CT molecular complexity index is 1340. The zero-order chi connectivity index (χ0) is 24.9. The van der Waals surface area contributed by atoms with Gasteiger partial charge in [-0.1, -0.05) is 25.1 Å². The molecule has 0 saturated carbocycles. The van der Waals surface area contributed by atoms with Gasteiger partial charge in [0.2, 0.25) is 5.91 Å². The fourth-order valence-electron chi connectivity index (χ4n) is 3.88. The number of benzene rings is 1. The fraction of sp³-hybridized carbons (Fsp3) is 0.292. The number of fused-ring (bicyclic) bond motifs is 1. The van der Waals surface area contributed by atoms with Crippen LogP contribution in [0.1, 0.15) is 32.1 Å². The minimum absolute atomic E-state index is 0.124. The molecule has 0 saturated heterocycles. The van der Waals surface area contributed by atoms with Crippen molar-refractivity contribution in [3.63, 3.8) is 0 Å². The molecule has 10 nitrogen and oxygen atoms in total. The Labute approximate surface area is 207 Å². The molecule has 11 heteroatoms. The quantitative estimate of drug-likeness (QED) is 0.318. The number of ether oxygens (including phenoxy) is 1. The molecule has 0 aliphatic rings. The molecule has 0 bridgehead atoms. The number of carbonyl (C=O) groups excluding carboxylic acids is 1. The van der Waals surface area contributed by atoms with Crippen molar-refractivity contribution < 1.29 is 9.53 Å². The van der Waals surface area contributed by atoms with Gasteiger partial charge in [0.25, 0.3) is 0 Å². The average molecular weight is 495 g/mol. The molecule has 1 aromatic carbocycles. The fourth-order valence-corrected chi connectivity index (χ4v) is 4.11. The van der Waals surface area contributed by atoms with Crippen molar-refractivity contribution >= 4 is 34.4 Å². The number of aromatic nitrogens is 6. The van der Waals surface area contributed by atoms with Gasteiger partial charge in [0.1, 0.15) is 36.0 Å². The first-order valence-corrected chi connectivity index (χ1v) is 11.6. The molecular weight excluding hydrogens is 468 g/mol. The van der Waals surface area contributed by atoms with E-state index in [1.807, 2.05) is 19.9 Å². The molecule has 0 aliphatic carbocycles. The molecule has 35 heavy (non-hydrogen) atoms. The first-order chi connectivity index (χ1) is 16.9. The summed E-state index contributed by atoms with van der Waals surface area (Å²) in [6, 6.07) is 5.23. The molecule has 0 aliphatic heterocycles. The number of nitrogens with two attached hydrogens (primary N) is 1. The Morgan fingerprint density at radius 2 is 2.20 bits per heavy atom. The van der Waals surface area contributed by atoms with Gasteiger partial charge in [0.05, 0.1) is 16.5 Å². The van der Waals surface area contributed by atoms with Gasteiger partial charge < -0.3 is 20.4 Å². The number of amides is 1. The van der Waals surface area contributed by atoms with E-state index < -0.39 is 0 Å². The second kappa shape index (κ2) is 10.6. The van der Waals surface area contributed by atoms with Crippen molar-refractivity contribution in [1.82, 2.24) is 34.6 Å². The number of hydrogen-bond donors (Lipinski definition) is 2. The minimum Gasteiger partial charge on any atom is -0.484 e. The number of hydrogen-bond acceptors (Lipinski definition) is 7. The molecule has 182 valence electrons. The molecule has 1 atom stereocenters. The van der Waals surface area contributed by atoms with Crippen LogP contribution < -0.4 is 10.5 Å². The largest absolute Gasteiger partial charge is 0.484 e. The lowest BCUT2D eigenvalue weighted by Gasteiger charge is -2.24. The summed E-state index contributed by atoms with van der Waals surface area (Å²) in [4.78, 5) is 29.8. The number of rotatable bonds is 10. The van der Waals surface area contributed by atoms with Crippen LogP contribution in [0.5, 0.6) is 5.75 Å². The van der Waals surface area contributed by atoms with Gasteiger partial charge in [0.15, 0.2) is 5.65 Å². The standard InChI is InChI=1S/C24H27ClN8O2/c1-4-10-32(20(34)5-2)12-15(3)33-24-21(23(26)29-14-30-24)22(31-33)16-6-7-18(17(25)11-16)35-13-19-27-8-9-28-19/h5-9,11,14-15H,2,4,10,12-13H2,1,3H3,(H,27,28)(H2,26,29,30)/t15-/m1/s1. The topological polar surface area (TPSA) is 128 Å². The summed E-state index contributed by atoms with van der Waals surface area (Å²) in [5.74, 6) is 1.40. The summed E-state index contributed by atoms with van der Waals surface area (Å²) < 4.78 is 7.55. The van der Waals surface area contributed by atoms with Crippen LogP contribution >= 0.6 is 11.6 Å². The number of halogens is 1. The smallest absolute Gasteiger partial charge is 0.246 e. The SMILES string of the molecule is C=CC(=O)N(CCC)C[C@@H](C)n1nc(-c2ccc(OCc3ncc[nH]3)c(Cl)c2)c2c(N)ncnc21. The van der Waals surface area contributed by atoms with Gasteiger partial charge in [-0.2, -0.15) is 5.10 Å². The van der Waals surface area contributed by atoms with Crippen LogP contribution in [0.2, 0.25) is 5.02 Å². The molecule has 3 heterocycles. The predicted octanol–water partition coefficient (Wildman–Crippen LogP) is 4.02. The van der Waals surface area contributed by atoms with Gasteiger partial charge in [-0.15, -0.1) is 0 Å². The van der Waals surface area contributed by atoms with E-state index in [1.165, 1.54) is 12.4 Å². The van der Waals surface area contributed by atoms with Crippen LogP contribution in [-0.2, 0) is 11.4 Å². The average Bonchev–Trinajstić information content (AvgIpc) is 3.51. The molecule has 4 rings (SSSR count). The maximum Gasteiger partial charge on any atom is 0.246 e. The van der Waals surface area contributed by atoms with Crippen molar-refractivity contribution in [1.29, 1.82) is 0 Å². The third kappa shape index (κ3) is 5.12. The van der Waals surface area contributed by atoms with Gasteiger partial charge in [-0.3, -0.25) is 4.79 Å². The Morgan fingerprint density at radius 1 is 1.37 bits per heavy atom. The number of nitrogen functional groups attached to an aromatic ring is 1. The van der Waals surface area contributed by atoms with Crippen LogP contribution in [0.15, 0.2) is 49.6 Å². The molecule has 1 amide bonds. The Hall–Kier alpha value is -3.92. The molecule has 4 aromatic rings. The number of imidazole rings is 1. The molecule has 0 spiro atoms. The van der Waals surface area contributed by atoms with Crippen LogP contribution in [0, 0.1) is 0 Å². The van der Waals surface area contributed by atoms with Crippen LogP contribution in [0.25, 0.3) is 22.3 Å². The van der Waals surface area contributed by atoms with Gasteiger partial charge in [-0.05, 0) is 37.6 Å². The first kappa shape index (κ1) is 24.2. The summed E-state index contributed by atoms with van der Waals surface area (Å²) in [7, 11) is 0. The highest BCUT2D eigenvalue weighted by Crippen LogP contribution is 2.35. The van der Waals surface area contributed by atoms with Crippen molar-refractivity contribution in [2.24, 2.45) is 0 Å². The summed E-state index contributed by atoms with van der Waals surface area (Å²) >= 11 is 6.53. The zero-order valence-corrected chi connectivity index (χ0v) is 20.4. The Balaban J connectivity index is 1.67. The Kier molecular flexibility index (Phi) is 7.31. The highest BCUT2D eigenvalue weighted by Gasteiger charge is 2.23. The van der Waals surface area contributed by atoms with Crippen LogP contribution in [0.4, 0.5) is 5.82 Å². The second-order valence-corrected chi connectivity index (χ2v) is 8.47. The summed E-state index contributed by atoms with van der Waals surface area (Å²) in [6.07, 6.45) is 6.95. The Morgan fingerprint density at radius 3 is 2.89 bits per heavy atom. The van der Waals surface area contributed by atoms with Crippen molar-refractivity contribution in [3.8, 4) is 17.0 Å². The number of nitrogens with zero attached hydrogens (tertiary/aromatic N) is 6. The molecule has 0 unspecified atom stereocenters. The van der Waals surface area contributed by atoms with Crippen molar-refractivity contribution in [2.45, 2.75) is 32.9 Å². The monoisotopic (exact) mass is 494 g/mol. The number of nitrogens with one attached hydrogen (secondary N) is 1. The maximum atomic E-state index is 12.3. The van der Waals surface area contributed by atoms with E-state index >= 15 is 0 Å². The third-order valence-electron chi connectivity index (χ3n) is 5.52. The lowest BCUT2D eigenvalue weighted by atomic mass is 10.1. The van der Waals surface area contributed by atoms with Crippen molar-refractivity contribution in [3.05, 3.63) is 60.4 Å². The van der Waals surface area contributed by atoms with E-state index in [-0.39, 0.29) is 18.6 Å². The zero-order valence-electron chi connectivity index (χ0n) is 19.6. The summed E-state index contributed by atoms with van der Waals surface area (Å²) in [6.45, 7) is 8.94. The predicted molar refractivity (Wildman–Crippen MR) is 135 cm³/mol. The maximum absolute atomic E-state index is 12.3. The van der Waals surface area contributed by atoms with E-state index in [0.29, 0.717) is 52.2 Å². The van der Waals surface area contributed by atoms with Gasteiger partial charge >= 0.3 is 0 Å². The highest BCUT2D eigenvalue weighted by atomic mass is 35.5. The first-order valence-electron chi connectivity index (χ1n) is 11.2. The van der Waals surface area contributed by atoms with Gasteiger partial charge in [-0.25, -0.2) is 19.6 Å². The summed E-state index contributed by atoms with van der Waals surface area (Å²) in [5, 5.41) is 5.88. The number of anilines is 1. The molecule has 0 fully saturated rings. The van der Waals surface area contributed by atoms with Gasteiger partial charge in [0, 0.05) is 31.0 Å². The number of H-pyrrole nitrogens is 1. The normalized spacial score (nSPS) is 12.0. The second-order valence-electron chi connectivity index (χ2n) is 8.06. The van der Waals surface area contributed by atoms with Crippen LogP contribution in [-0.4, -0.2) is 53.6 Å². The number of carbonyl (C=O) groups is 1. The summed E-state index contributed by atoms with van der Waals surface area (Å²) in [5.41, 5.74) is 8.17. The molecule has 0 radical (unpaired) electrons. The molecule has 3 N–H and O–H groups in total. The third-order valence-corrected chi connectivity index (χ3v) is 5.82. The van der Waals surface area contributed by atoms with E-state index in [4.69, 9.17) is 27.2 Å². The van der Waals surface area contributed by atoms with E-state index in [1.54, 1.807) is 34.1 Å². The number of aromatic amines is 1.